The van der Waals surface area contributed by atoms with E-state index >= 15 is 0 Å². The molecule has 2 fully saturated rings. The Labute approximate surface area is 96.3 Å². The van der Waals surface area contributed by atoms with Crippen LogP contribution in [0.2, 0.25) is 0 Å². The van der Waals surface area contributed by atoms with E-state index < -0.39 is 0 Å². The molecule has 2 unspecified atom stereocenters. The van der Waals surface area contributed by atoms with Gasteiger partial charge in [0.05, 0.1) is 6.10 Å². The van der Waals surface area contributed by atoms with Gasteiger partial charge in [-0.25, -0.2) is 4.79 Å². The number of carbonyl (C=O) groups excluding carboxylic acids is 1. The van der Waals surface area contributed by atoms with E-state index in [1.54, 1.807) is 0 Å². The van der Waals surface area contributed by atoms with Gasteiger partial charge < -0.3 is 20.7 Å². The standard InChI is InChI=1S/C11H21N3O2/c15-11(13-8-10-4-2-6-16-10)14-9-3-1-5-12-7-9/h9-10,12H,1-8H2,(H2,13,14,15). The third-order valence-electron chi connectivity index (χ3n) is 3.15. The van der Waals surface area contributed by atoms with E-state index in [-0.39, 0.29) is 18.2 Å². The Kier molecular flexibility index (Phi) is 4.42. The first-order valence-electron chi connectivity index (χ1n) is 6.21. The monoisotopic (exact) mass is 227 g/mol. The Hall–Kier alpha value is -0.810. The molecule has 0 saturated carbocycles. The maximum atomic E-state index is 11.6. The average molecular weight is 227 g/mol. The van der Waals surface area contributed by atoms with Crippen molar-refractivity contribution >= 4 is 6.03 Å². The van der Waals surface area contributed by atoms with Gasteiger partial charge >= 0.3 is 6.03 Å². The Balaban J connectivity index is 1.59. The number of amides is 2. The molecule has 2 heterocycles. The summed E-state index contributed by atoms with van der Waals surface area (Å²) in [5.74, 6) is 0. The van der Waals surface area contributed by atoms with E-state index in [4.69, 9.17) is 4.74 Å². The van der Waals surface area contributed by atoms with Gasteiger partial charge in [0, 0.05) is 25.7 Å². The molecule has 0 bridgehead atoms. The highest BCUT2D eigenvalue weighted by molar-refractivity contribution is 5.74. The second-order valence-corrected chi connectivity index (χ2v) is 4.53. The fraction of sp³-hybridized carbons (Fsp3) is 0.909. The molecule has 0 aromatic rings. The molecule has 2 atom stereocenters. The fourth-order valence-corrected chi connectivity index (χ4v) is 2.22. The number of hydrogen-bond acceptors (Lipinski definition) is 3. The molecule has 16 heavy (non-hydrogen) atoms. The lowest BCUT2D eigenvalue weighted by molar-refractivity contribution is 0.111. The average Bonchev–Trinajstić information content (AvgIpc) is 2.81. The number of carbonyl (C=O) groups is 1. The van der Waals surface area contributed by atoms with Crippen LogP contribution in [0, 0.1) is 0 Å². The fourth-order valence-electron chi connectivity index (χ4n) is 2.22. The highest BCUT2D eigenvalue weighted by Gasteiger charge is 2.18. The Bertz CT molecular complexity index is 223. The van der Waals surface area contributed by atoms with Crippen LogP contribution in [0.3, 0.4) is 0 Å². The van der Waals surface area contributed by atoms with Crippen molar-refractivity contribution in [3.63, 3.8) is 0 Å². The van der Waals surface area contributed by atoms with Crippen LogP contribution < -0.4 is 16.0 Å². The van der Waals surface area contributed by atoms with Crippen molar-refractivity contribution in [1.82, 2.24) is 16.0 Å². The summed E-state index contributed by atoms with van der Waals surface area (Å²) in [7, 11) is 0. The summed E-state index contributed by atoms with van der Waals surface area (Å²) in [6, 6.07) is 0.211. The SMILES string of the molecule is O=C(NCC1CCCO1)NC1CCCNC1. The lowest BCUT2D eigenvalue weighted by atomic mass is 10.1. The van der Waals surface area contributed by atoms with E-state index in [0.717, 1.165) is 45.4 Å². The van der Waals surface area contributed by atoms with Crippen molar-refractivity contribution in [2.24, 2.45) is 0 Å². The van der Waals surface area contributed by atoms with Crippen LogP contribution in [-0.4, -0.2) is 44.4 Å². The minimum absolute atomic E-state index is 0.0656. The molecule has 0 aromatic heterocycles. The van der Waals surface area contributed by atoms with Crippen LogP contribution >= 0.6 is 0 Å². The van der Waals surface area contributed by atoms with E-state index in [2.05, 4.69) is 16.0 Å². The summed E-state index contributed by atoms with van der Waals surface area (Å²) in [5.41, 5.74) is 0. The Morgan fingerprint density at radius 1 is 1.38 bits per heavy atom. The zero-order valence-corrected chi connectivity index (χ0v) is 9.63. The van der Waals surface area contributed by atoms with Crippen molar-refractivity contribution < 1.29 is 9.53 Å². The van der Waals surface area contributed by atoms with E-state index in [1.807, 2.05) is 0 Å². The van der Waals surface area contributed by atoms with Crippen molar-refractivity contribution in [1.29, 1.82) is 0 Å². The van der Waals surface area contributed by atoms with Gasteiger partial charge in [0.15, 0.2) is 0 Å². The van der Waals surface area contributed by atoms with Crippen LogP contribution in [-0.2, 0) is 4.74 Å². The molecule has 2 saturated heterocycles. The zero-order valence-electron chi connectivity index (χ0n) is 9.63. The number of piperidine rings is 1. The lowest BCUT2D eigenvalue weighted by Gasteiger charge is -2.24. The predicted molar refractivity (Wildman–Crippen MR) is 61.4 cm³/mol. The first-order chi connectivity index (χ1) is 7.84. The van der Waals surface area contributed by atoms with Crippen molar-refractivity contribution in [3.8, 4) is 0 Å². The van der Waals surface area contributed by atoms with Gasteiger partial charge in [-0.2, -0.15) is 0 Å². The first kappa shape index (κ1) is 11.7. The highest BCUT2D eigenvalue weighted by atomic mass is 16.5. The van der Waals surface area contributed by atoms with Gasteiger partial charge in [0.1, 0.15) is 0 Å². The summed E-state index contributed by atoms with van der Waals surface area (Å²) >= 11 is 0. The third-order valence-corrected chi connectivity index (χ3v) is 3.15. The van der Waals surface area contributed by atoms with Gasteiger partial charge in [-0.05, 0) is 32.2 Å². The number of rotatable bonds is 3. The number of urea groups is 1. The van der Waals surface area contributed by atoms with Gasteiger partial charge in [-0.15, -0.1) is 0 Å². The van der Waals surface area contributed by atoms with Crippen molar-refractivity contribution in [2.75, 3.05) is 26.2 Å². The molecule has 0 spiro atoms. The molecule has 2 amide bonds. The number of nitrogens with one attached hydrogen (secondary N) is 3. The summed E-state index contributed by atoms with van der Waals surface area (Å²) < 4.78 is 5.44. The van der Waals surface area contributed by atoms with Gasteiger partial charge in [-0.1, -0.05) is 0 Å². The lowest BCUT2D eigenvalue weighted by Crippen LogP contribution is -2.50. The molecule has 0 aromatic carbocycles. The van der Waals surface area contributed by atoms with Gasteiger partial charge in [-0.3, -0.25) is 0 Å². The normalized spacial score (nSPS) is 30.0. The summed E-state index contributed by atoms with van der Waals surface area (Å²) in [4.78, 5) is 11.6. The second kappa shape index (κ2) is 6.06. The number of hydrogen-bond donors (Lipinski definition) is 3. The van der Waals surface area contributed by atoms with Crippen LogP contribution in [0.1, 0.15) is 25.7 Å². The molecule has 5 heteroatoms. The van der Waals surface area contributed by atoms with Crippen LogP contribution in [0.4, 0.5) is 4.79 Å². The largest absolute Gasteiger partial charge is 0.376 e. The first-order valence-corrected chi connectivity index (χ1v) is 6.21. The van der Waals surface area contributed by atoms with E-state index in [9.17, 15) is 4.79 Å². The molecule has 2 aliphatic heterocycles. The topological polar surface area (TPSA) is 62.4 Å². The third kappa shape index (κ3) is 3.64. The maximum absolute atomic E-state index is 11.6. The smallest absolute Gasteiger partial charge is 0.315 e. The highest BCUT2D eigenvalue weighted by Crippen LogP contribution is 2.10. The molecular weight excluding hydrogens is 206 g/mol. The summed E-state index contributed by atoms with van der Waals surface area (Å²) in [6.07, 6.45) is 4.60. The predicted octanol–water partition coefficient (Wildman–Crippen LogP) is 0.217. The summed E-state index contributed by atoms with van der Waals surface area (Å²) in [6.45, 7) is 3.41. The molecule has 5 nitrogen and oxygen atoms in total. The van der Waals surface area contributed by atoms with Crippen LogP contribution in [0.25, 0.3) is 0 Å². The molecule has 0 radical (unpaired) electrons. The Morgan fingerprint density at radius 3 is 3.00 bits per heavy atom. The van der Waals surface area contributed by atoms with Crippen LogP contribution in [0.5, 0.6) is 0 Å². The number of ether oxygens (including phenoxy) is 1. The minimum Gasteiger partial charge on any atom is -0.376 e. The van der Waals surface area contributed by atoms with Gasteiger partial charge in [0.25, 0.3) is 0 Å². The Morgan fingerprint density at radius 2 is 2.31 bits per heavy atom. The van der Waals surface area contributed by atoms with Crippen molar-refractivity contribution in [2.45, 2.75) is 37.8 Å². The maximum Gasteiger partial charge on any atom is 0.315 e. The molecule has 2 rings (SSSR count). The van der Waals surface area contributed by atoms with Crippen LogP contribution in [0.15, 0.2) is 0 Å². The quantitative estimate of drug-likeness (QED) is 0.646. The summed E-state index contributed by atoms with van der Waals surface area (Å²) in [5, 5.41) is 9.11. The van der Waals surface area contributed by atoms with Crippen molar-refractivity contribution in [3.05, 3.63) is 0 Å². The molecule has 3 N–H and O–H groups in total. The van der Waals surface area contributed by atoms with E-state index in [0.29, 0.717) is 6.54 Å². The molecular formula is C11H21N3O2. The second-order valence-electron chi connectivity index (χ2n) is 4.53. The zero-order chi connectivity index (χ0) is 11.2. The minimum atomic E-state index is -0.0656. The molecule has 2 aliphatic rings. The van der Waals surface area contributed by atoms with E-state index in [1.165, 1.54) is 0 Å². The van der Waals surface area contributed by atoms with Gasteiger partial charge in [0.2, 0.25) is 0 Å². The molecule has 0 aliphatic carbocycles. The molecule has 92 valence electrons.